The van der Waals surface area contributed by atoms with E-state index in [-0.39, 0.29) is 6.61 Å². The molecule has 1 aromatic carbocycles. The summed E-state index contributed by atoms with van der Waals surface area (Å²) in [6.45, 7) is 0.0205. The fourth-order valence-corrected chi connectivity index (χ4v) is 0.678. The Morgan fingerprint density at radius 2 is 1.82 bits per heavy atom. The smallest absolute Gasteiger partial charge is 0.0701 e. The molecule has 3 heteroatoms. The zero-order valence-corrected chi connectivity index (χ0v) is 6.62. The number of anilines is 1. The van der Waals surface area contributed by atoms with E-state index >= 15 is 0 Å². The van der Waals surface area contributed by atoms with Crippen LogP contribution in [0.5, 0.6) is 0 Å². The summed E-state index contributed by atoms with van der Waals surface area (Å²) in [6, 6.07) is 7.26. The number of benzene rings is 1. The van der Waals surface area contributed by atoms with E-state index in [9.17, 15) is 0 Å². The Morgan fingerprint density at radius 3 is 2.18 bits per heavy atom. The van der Waals surface area contributed by atoms with E-state index in [0.29, 0.717) is 5.69 Å². The van der Waals surface area contributed by atoms with Crippen LogP contribution in [0.4, 0.5) is 5.69 Å². The van der Waals surface area contributed by atoms with Crippen molar-refractivity contribution in [2.75, 3.05) is 12.8 Å². The molecular weight excluding hydrogens is 140 g/mol. The Bertz CT molecular complexity index is 201. The molecule has 0 saturated heterocycles. The largest absolute Gasteiger partial charge is 0.398 e. The SMILES string of the molecule is CN.Nc1ccccc1CO. The van der Waals surface area contributed by atoms with Crippen molar-refractivity contribution < 1.29 is 5.11 Å². The van der Waals surface area contributed by atoms with Gasteiger partial charge in [-0.25, -0.2) is 0 Å². The van der Waals surface area contributed by atoms with E-state index in [4.69, 9.17) is 10.8 Å². The number of para-hydroxylation sites is 1. The minimum absolute atomic E-state index is 0.0205. The lowest BCUT2D eigenvalue weighted by atomic mass is 10.2. The zero-order chi connectivity index (χ0) is 8.69. The van der Waals surface area contributed by atoms with Gasteiger partial charge in [-0.1, -0.05) is 18.2 Å². The van der Waals surface area contributed by atoms with Gasteiger partial charge in [-0.2, -0.15) is 0 Å². The predicted octanol–water partition coefficient (Wildman–Crippen LogP) is 0.336. The molecule has 0 spiro atoms. The summed E-state index contributed by atoms with van der Waals surface area (Å²) < 4.78 is 0. The van der Waals surface area contributed by atoms with Crippen molar-refractivity contribution in [2.45, 2.75) is 6.61 Å². The van der Waals surface area contributed by atoms with Crippen molar-refractivity contribution in [3.05, 3.63) is 29.8 Å². The van der Waals surface area contributed by atoms with Gasteiger partial charge in [0.15, 0.2) is 0 Å². The number of hydrogen-bond donors (Lipinski definition) is 3. The number of nitrogens with two attached hydrogens (primary N) is 2. The van der Waals surface area contributed by atoms with Crippen LogP contribution in [-0.2, 0) is 6.61 Å². The van der Waals surface area contributed by atoms with Gasteiger partial charge in [0.2, 0.25) is 0 Å². The summed E-state index contributed by atoms with van der Waals surface area (Å²) in [5.74, 6) is 0. The van der Waals surface area contributed by atoms with Gasteiger partial charge in [0.1, 0.15) is 0 Å². The quantitative estimate of drug-likeness (QED) is 0.510. The average Bonchev–Trinajstić information content (AvgIpc) is 2.09. The Morgan fingerprint density at radius 1 is 1.27 bits per heavy atom. The molecule has 0 aliphatic rings. The first-order valence-corrected chi connectivity index (χ1v) is 3.36. The second kappa shape index (κ2) is 5.70. The summed E-state index contributed by atoms with van der Waals surface area (Å²) in [6.07, 6.45) is 0. The average molecular weight is 154 g/mol. The van der Waals surface area contributed by atoms with Crippen molar-refractivity contribution in [3.8, 4) is 0 Å². The maximum Gasteiger partial charge on any atom is 0.0701 e. The number of hydrogen-bond acceptors (Lipinski definition) is 3. The van der Waals surface area contributed by atoms with Crippen molar-refractivity contribution in [3.63, 3.8) is 0 Å². The number of aliphatic hydroxyl groups is 1. The van der Waals surface area contributed by atoms with E-state index in [1.54, 1.807) is 12.1 Å². The molecule has 5 N–H and O–H groups in total. The van der Waals surface area contributed by atoms with Gasteiger partial charge in [-0.15, -0.1) is 0 Å². The zero-order valence-electron chi connectivity index (χ0n) is 6.62. The molecule has 11 heavy (non-hydrogen) atoms. The van der Waals surface area contributed by atoms with Crippen molar-refractivity contribution in [1.29, 1.82) is 0 Å². The molecule has 0 bridgehead atoms. The topological polar surface area (TPSA) is 72.3 Å². The van der Waals surface area contributed by atoms with Gasteiger partial charge in [-0.3, -0.25) is 0 Å². The van der Waals surface area contributed by atoms with Crippen LogP contribution in [0.2, 0.25) is 0 Å². The second-order valence-corrected chi connectivity index (χ2v) is 1.86. The van der Waals surface area contributed by atoms with Crippen molar-refractivity contribution in [2.24, 2.45) is 5.73 Å². The van der Waals surface area contributed by atoms with E-state index in [2.05, 4.69) is 5.73 Å². The highest BCUT2D eigenvalue weighted by Crippen LogP contribution is 2.08. The Hall–Kier alpha value is -1.06. The molecule has 0 unspecified atom stereocenters. The van der Waals surface area contributed by atoms with E-state index in [1.807, 2.05) is 12.1 Å². The lowest BCUT2D eigenvalue weighted by Crippen LogP contribution is -1.91. The standard InChI is InChI=1S/C7H9NO.CH5N/c8-7-4-2-1-3-6(7)5-9;1-2/h1-4,9H,5,8H2;2H2,1H3. The third-order valence-corrected chi connectivity index (χ3v) is 1.23. The number of rotatable bonds is 1. The van der Waals surface area contributed by atoms with Gasteiger partial charge in [0.05, 0.1) is 6.61 Å². The van der Waals surface area contributed by atoms with E-state index in [0.717, 1.165) is 5.56 Å². The Labute approximate surface area is 66.6 Å². The molecule has 0 atom stereocenters. The van der Waals surface area contributed by atoms with Crippen molar-refractivity contribution in [1.82, 2.24) is 0 Å². The predicted molar refractivity (Wildman–Crippen MR) is 46.9 cm³/mol. The molecule has 0 saturated carbocycles. The molecular formula is C8H14N2O. The van der Waals surface area contributed by atoms with Crippen LogP contribution >= 0.6 is 0 Å². The summed E-state index contributed by atoms with van der Waals surface area (Å²) in [5.41, 5.74) is 11.4. The van der Waals surface area contributed by atoms with Gasteiger partial charge in [-0.05, 0) is 13.1 Å². The maximum atomic E-state index is 8.64. The lowest BCUT2D eigenvalue weighted by molar-refractivity contribution is 0.282. The molecule has 62 valence electrons. The summed E-state index contributed by atoms with van der Waals surface area (Å²) in [7, 11) is 1.50. The summed E-state index contributed by atoms with van der Waals surface area (Å²) >= 11 is 0. The van der Waals surface area contributed by atoms with Gasteiger partial charge in [0, 0.05) is 11.3 Å². The molecule has 3 nitrogen and oxygen atoms in total. The second-order valence-electron chi connectivity index (χ2n) is 1.86. The molecule has 1 aromatic rings. The van der Waals surface area contributed by atoms with Crippen LogP contribution in [0.1, 0.15) is 5.56 Å². The summed E-state index contributed by atoms with van der Waals surface area (Å²) in [4.78, 5) is 0. The van der Waals surface area contributed by atoms with Crippen LogP contribution in [0.15, 0.2) is 24.3 Å². The van der Waals surface area contributed by atoms with Crippen LogP contribution in [0, 0.1) is 0 Å². The van der Waals surface area contributed by atoms with Crippen LogP contribution in [0.25, 0.3) is 0 Å². The highest BCUT2D eigenvalue weighted by molar-refractivity contribution is 5.45. The van der Waals surface area contributed by atoms with E-state index < -0.39 is 0 Å². The first-order valence-electron chi connectivity index (χ1n) is 3.36. The van der Waals surface area contributed by atoms with Gasteiger partial charge >= 0.3 is 0 Å². The fraction of sp³-hybridized carbons (Fsp3) is 0.250. The third kappa shape index (κ3) is 3.02. The molecule has 0 heterocycles. The Balaban J connectivity index is 0.000000461. The van der Waals surface area contributed by atoms with Crippen LogP contribution in [0.3, 0.4) is 0 Å². The minimum Gasteiger partial charge on any atom is -0.398 e. The first-order chi connectivity index (χ1) is 5.34. The molecule has 0 aliphatic heterocycles. The molecule has 0 fully saturated rings. The highest BCUT2D eigenvalue weighted by atomic mass is 16.3. The molecule has 0 aromatic heterocycles. The fourth-order valence-electron chi connectivity index (χ4n) is 0.678. The minimum atomic E-state index is 0.0205. The molecule has 0 aliphatic carbocycles. The maximum absolute atomic E-state index is 8.64. The van der Waals surface area contributed by atoms with E-state index in [1.165, 1.54) is 7.05 Å². The van der Waals surface area contributed by atoms with Crippen LogP contribution in [-0.4, -0.2) is 12.2 Å². The Kier molecular flexibility index (Phi) is 5.15. The van der Waals surface area contributed by atoms with Crippen molar-refractivity contribution >= 4 is 5.69 Å². The first kappa shape index (κ1) is 9.94. The monoisotopic (exact) mass is 154 g/mol. The normalized spacial score (nSPS) is 8.27. The van der Waals surface area contributed by atoms with Gasteiger partial charge < -0.3 is 16.6 Å². The van der Waals surface area contributed by atoms with Gasteiger partial charge in [0.25, 0.3) is 0 Å². The number of nitrogen functional groups attached to an aromatic ring is 1. The molecule has 1 rings (SSSR count). The number of aliphatic hydroxyl groups excluding tert-OH is 1. The van der Waals surface area contributed by atoms with Crippen LogP contribution < -0.4 is 11.5 Å². The molecule has 0 amide bonds. The highest BCUT2D eigenvalue weighted by Gasteiger charge is 1.91. The summed E-state index contributed by atoms with van der Waals surface area (Å²) in [5, 5.41) is 8.64. The molecule has 0 radical (unpaired) electrons. The lowest BCUT2D eigenvalue weighted by Gasteiger charge is -1.97. The third-order valence-electron chi connectivity index (χ3n) is 1.23.